The van der Waals surface area contributed by atoms with Crippen molar-refractivity contribution in [2.24, 2.45) is 23.5 Å². The molecule has 5 aromatic rings. The lowest BCUT2D eigenvalue weighted by Crippen LogP contribution is -2.52. The maximum absolute atomic E-state index is 15.2. The monoisotopic (exact) mass is 1330 g/mol. The summed E-state index contributed by atoms with van der Waals surface area (Å²) in [4.78, 5) is 87.7. The van der Waals surface area contributed by atoms with E-state index in [0.29, 0.717) is 38.2 Å². The van der Waals surface area contributed by atoms with Crippen molar-refractivity contribution in [2.75, 3.05) is 58.4 Å². The van der Waals surface area contributed by atoms with E-state index in [4.69, 9.17) is 29.4 Å². The molecule has 0 radical (unpaired) electrons. The number of carbonyl (C=O) groups excluding carboxylic acids is 4. The van der Waals surface area contributed by atoms with Crippen molar-refractivity contribution in [1.82, 2.24) is 30.0 Å². The van der Waals surface area contributed by atoms with Crippen molar-refractivity contribution in [1.29, 1.82) is 0 Å². The maximum Gasteiger partial charge on any atom is 0.798 e. The van der Waals surface area contributed by atoms with E-state index in [-0.39, 0.29) is 76.9 Å². The molecule has 3 amide bonds. The molecule has 514 valence electrons. The fourth-order valence-electron chi connectivity index (χ4n) is 11.2. The molecule has 2 aliphatic carbocycles. The molecule has 6 N–H and O–H groups in total. The normalized spacial score (nSPS) is 25.1. The summed E-state index contributed by atoms with van der Waals surface area (Å²) in [6.45, 7) is 26.8. The number of amides is 3. The average Bonchev–Trinajstić information content (AvgIpc) is 1.28. The van der Waals surface area contributed by atoms with Gasteiger partial charge >= 0.3 is 37.7 Å². The zero-order chi connectivity index (χ0) is 70.1. The van der Waals surface area contributed by atoms with Gasteiger partial charge in [-0.3, -0.25) is 9.59 Å². The lowest BCUT2D eigenvalue weighted by molar-refractivity contribution is 0.0437. The van der Waals surface area contributed by atoms with Crippen LogP contribution in [0, 0.1) is 35.2 Å². The van der Waals surface area contributed by atoms with Crippen LogP contribution in [0.15, 0.2) is 64.4 Å². The fourth-order valence-corrected chi connectivity index (χ4v) is 11.2. The van der Waals surface area contributed by atoms with E-state index in [1.54, 1.807) is 9.80 Å². The summed E-state index contributed by atoms with van der Waals surface area (Å²) >= 11 is 0. The highest BCUT2D eigenvalue weighted by Crippen LogP contribution is 2.47. The third kappa shape index (κ3) is 17.0. The number of benzene rings is 3. The van der Waals surface area contributed by atoms with Crippen molar-refractivity contribution in [3.63, 3.8) is 0 Å². The Morgan fingerprint density at radius 1 is 0.723 bits per heavy atom. The van der Waals surface area contributed by atoms with Crippen LogP contribution < -0.4 is 46.9 Å². The number of carboxylic acid groups (broad SMARTS) is 1. The number of hydrogen-bond acceptors (Lipinski definition) is 16. The molecule has 5 heterocycles. The van der Waals surface area contributed by atoms with Gasteiger partial charge in [-0.2, -0.15) is 4.39 Å². The second-order valence-electron chi connectivity index (χ2n) is 27.1. The van der Waals surface area contributed by atoms with E-state index in [2.05, 4.69) is 27.5 Å². The number of methoxy groups -OCH3 is 2. The number of nitrogens with two attached hydrogens (primary N) is 1. The van der Waals surface area contributed by atoms with Crippen LogP contribution >= 0.6 is 0 Å². The number of ether oxygens (including phenoxy) is 5. The molecule has 3 aromatic carbocycles. The largest absolute Gasteiger partial charge is 0.798 e. The number of aromatic nitrogens is 2. The third-order valence-electron chi connectivity index (χ3n) is 17.1. The highest BCUT2D eigenvalue weighted by atomic mass is 19.2. The number of fused-ring (bicyclic) bond motifs is 2. The maximum atomic E-state index is 15.2. The number of aromatic carboxylic acids is 1. The van der Waals surface area contributed by atoms with E-state index in [1.807, 2.05) is 106 Å². The number of alkyl halides is 2. The van der Waals surface area contributed by atoms with E-state index in [1.165, 1.54) is 11.7 Å². The highest BCUT2D eigenvalue weighted by molar-refractivity contribution is 6.38. The number of nitrogens with one attached hydrogen (secondary N) is 3. The Morgan fingerprint density at radius 2 is 1.22 bits per heavy atom. The molecule has 94 heavy (non-hydrogen) atoms. The summed E-state index contributed by atoms with van der Waals surface area (Å²) in [5.41, 5.74) is 1.68. The van der Waals surface area contributed by atoms with Gasteiger partial charge in [-0.25, -0.2) is 50.2 Å². The number of rotatable bonds is 12. The minimum absolute atomic E-state index is 0.0105. The topological polar surface area (TPSA) is 274 Å². The molecule has 2 unspecified atom stereocenters. The molecule has 0 bridgehead atoms. The number of hydrogen-bond donors (Lipinski definition) is 5. The van der Waals surface area contributed by atoms with Gasteiger partial charge in [0, 0.05) is 70.0 Å². The molecule has 30 heteroatoms. The number of carboxylic acids is 1. The lowest BCUT2D eigenvalue weighted by Gasteiger charge is -2.31. The number of halogens is 7. The molecule has 2 aromatic heterocycles. The van der Waals surface area contributed by atoms with Gasteiger partial charge < -0.3 is 74.1 Å². The van der Waals surface area contributed by atoms with Crippen LogP contribution in [-0.4, -0.2) is 150 Å². The average molecular weight is 1330 g/mol. The molecule has 5 fully saturated rings. The lowest BCUT2D eigenvalue weighted by atomic mass is 9.91. The predicted octanol–water partition coefficient (Wildman–Crippen LogP) is 10.0. The number of alkyl carbamates (subject to hydrolysis) is 2. The first kappa shape index (κ1) is 73.1. The van der Waals surface area contributed by atoms with E-state index >= 15 is 4.39 Å². The highest BCUT2D eigenvalue weighted by Gasteiger charge is 2.47. The van der Waals surface area contributed by atoms with E-state index < -0.39 is 123 Å². The van der Waals surface area contributed by atoms with E-state index in [9.17, 15) is 64.9 Å². The van der Waals surface area contributed by atoms with Gasteiger partial charge in [0.05, 0.1) is 59.2 Å². The Morgan fingerprint density at radius 3 is 1.68 bits per heavy atom. The second kappa shape index (κ2) is 28.4. The van der Waals surface area contributed by atoms with Crippen LogP contribution in [0.1, 0.15) is 134 Å². The van der Waals surface area contributed by atoms with Gasteiger partial charge in [-0.05, 0) is 97.8 Å². The summed E-state index contributed by atoms with van der Waals surface area (Å²) in [7, 11) is -1.12. The summed E-state index contributed by atoms with van der Waals surface area (Å²) in [5, 5.41) is 17.8. The number of nitrogens with zero attached hydrogens (tertiary/aromatic N) is 4. The first-order valence-corrected chi connectivity index (χ1v) is 30.4. The Hall–Kier alpha value is -8.28. The number of likely N-dealkylation sites (tertiary alicyclic amines) is 1. The number of pyridine rings is 2. The van der Waals surface area contributed by atoms with Crippen LogP contribution in [0.5, 0.6) is 11.5 Å². The molecule has 10 atom stereocenters. The summed E-state index contributed by atoms with van der Waals surface area (Å²) < 4.78 is 127. The molecular weight excluding hydrogens is 1250 g/mol. The molecular formula is C64H82BF7N8O14. The van der Waals surface area contributed by atoms with Gasteiger partial charge in [0.25, 0.3) is 0 Å². The van der Waals surface area contributed by atoms with Gasteiger partial charge in [0.1, 0.15) is 47.0 Å². The summed E-state index contributed by atoms with van der Waals surface area (Å²) in [6.07, 6.45) is -1.60. The van der Waals surface area contributed by atoms with Crippen LogP contribution in [0.4, 0.5) is 50.7 Å². The zero-order valence-corrected chi connectivity index (χ0v) is 54.9. The van der Waals surface area contributed by atoms with Crippen molar-refractivity contribution in [3.8, 4) is 11.5 Å². The van der Waals surface area contributed by atoms with Gasteiger partial charge in [0.2, 0.25) is 16.7 Å². The molecule has 10 rings (SSSR count). The predicted molar refractivity (Wildman–Crippen MR) is 336 cm³/mol. The van der Waals surface area contributed by atoms with Crippen molar-refractivity contribution in [3.05, 3.63) is 109 Å². The smallest absolute Gasteiger partial charge is 0.492 e. The van der Waals surface area contributed by atoms with Crippen LogP contribution in [0.25, 0.3) is 21.8 Å². The Kier molecular flexibility index (Phi) is 22.1. The number of anilines is 1. The minimum Gasteiger partial charge on any atom is -0.492 e. The molecule has 3 aliphatic heterocycles. The van der Waals surface area contributed by atoms with Gasteiger partial charge in [-0.1, -0.05) is 51.1 Å². The Bertz CT molecular complexity index is 3800. The zero-order valence-electron chi connectivity index (χ0n) is 54.9. The van der Waals surface area contributed by atoms with Crippen LogP contribution in [0.2, 0.25) is 0 Å². The standard InChI is InChI=1S/C20H23F2N3O4.C19H28N2O4.C14H9BF5NO4.C11H22N2O2/c1-9-6-24(8-20(9,2)23)16-13(22)4-10-15(18(16)29-3)25(14-5-12(14)21)7-11(17(10)26)19(27)28;1-14-11-21(17(23)24-12-15-9-7-6-8-10-15)13-19(14,5)20-16(22)25-18(2,3)4;1-24-13-10(18)8(17)2-5-11(13)21(9-3-7(9)16)4-6(12(5)22)14(23)25-15(19)20;1-8-6-12-7-11(8,5)13-9(14)15-10(2,3)4/h4,7,9,12,14H,5-6,8,23H2,1-3H3,(H,27,28);6-10,14H,11-13H2,1-5H3,(H,20,22);2,4,7,9H,3H2,1H3;8,12H,6-7H2,1-5H3,(H,13,14)/t9?,12-,14+,20?;14-,19-;7-,9+;8-,11-/m0101/s1. The SMILES string of the molecule is COc1c(F)c(F)cc2c(=O)c(C(=O)OB(F)F)cn([C@@H]3C[C@@H]3F)c12.COc1c(N2CC(C)C(C)(N)C2)c(F)cc2c(=O)c(C(=O)O)cn([C@@H]3C[C@@H]3F)c12.C[C@@H]1CN(C(=O)OCc2ccccc2)C[C@@]1(C)NC(=O)OC(C)(C)C.C[C@@H]1CNC[C@@]1(C)NC(=O)OC(C)(C)C. The number of carbonyl (C=O) groups is 5. The molecule has 5 aliphatic rings. The van der Waals surface area contributed by atoms with Crippen LogP contribution in [0.3, 0.4) is 0 Å². The quantitative estimate of drug-likeness (QED) is 0.0441. The van der Waals surface area contributed by atoms with E-state index in [0.717, 1.165) is 48.8 Å². The first-order chi connectivity index (χ1) is 43.6. The minimum atomic E-state index is -3.48. The molecule has 0 spiro atoms. The van der Waals surface area contributed by atoms with Gasteiger partial charge in [0.15, 0.2) is 23.1 Å². The fraction of sp³-hybridized carbons (Fsp3) is 0.547. The summed E-state index contributed by atoms with van der Waals surface area (Å²) in [5.74, 6) is -6.64. The molecule has 22 nitrogen and oxygen atoms in total. The molecule has 2 saturated carbocycles. The summed E-state index contributed by atoms with van der Waals surface area (Å²) in [6, 6.07) is 9.57. The second-order valence-corrected chi connectivity index (χ2v) is 27.1. The van der Waals surface area contributed by atoms with Gasteiger partial charge in [-0.15, -0.1) is 0 Å². The Balaban J connectivity index is 0.000000181. The Labute approximate surface area is 539 Å². The van der Waals surface area contributed by atoms with Crippen molar-refractivity contribution in [2.45, 2.75) is 155 Å². The van der Waals surface area contributed by atoms with Crippen LogP contribution in [-0.2, 0) is 25.5 Å². The first-order valence-electron chi connectivity index (χ1n) is 30.4. The van der Waals surface area contributed by atoms with Crippen molar-refractivity contribution >= 4 is 65.2 Å². The third-order valence-corrected chi connectivity index (χ3v) is 17.1. The molecule has 3 saturated heterocycles. The van der Waals surface area contributed by atoms with Crippen molar-refractivity contribution < 1.29 is 88.0 Å².